The van der Waals surface area contributed by atoms with Gasteiger partial charge in [-0.3, -0.25) is 0 Å². The van der Waals surface area contributed by atoms with Crippen molar-refractivity contribution in [1.82, 2.24) is 10.2 Å². The highest BCUT2D eigenvalue weighted by atomic mass is 127. The number of halogens is 4. The third-order valence-electron chi connectivity index (χ3n) is 5.07. The van der Waals surface area contributed by atoms with Crippen LogP contribution in [0.2, 0.25) is 0 Å². The highest BCUT2D eigenvalue weighted by Gasteiger charge is 2.25. The second-order valence-corrected chi connectivity index (χ2v) is 8.28. The number of hydrogen-bond acceptors (Lipinski definition) is 6. The van der Waals surface area contributed by atoms with E-state index >= 15 is 0 Å². The number of aromatic nitrogens is 2. The molecule has 6 nitrogen and oxygen atoms in total. The number of anilines is 3. The molecule has 0 bridgehead atoms. The molecule has 0 aliphatic carbocycles. The predicted molar refractivity (Wildman–Crippen MR) is 114 cm³/mol. The van der Waals surface area contributed by atoms with Gasteiger partial charge in [0.05, 0.1) is 16.9 Å². The van der Waals surface area contributed by atoms with Gasteiger partial charge < -0.3 is 19.7 Å². The van der Waals surface area contributed by atoms with E-state index in [1.54, 1.807) is 6.07 Å². The molecular weight excluding hydrogens is 512 g/mol. The monoisotopic (exact) mass is 530 g/mol. The van der Waals surface area contributed by atoms with E-state index in [2.05, 4.69) is 15.5 Å². The molecule has 0 saturated carbocycles. The van der Waals surface area contributed by atoms with Gasteiger partial charge in [-0.05, 0) is 71.7 Å². The second kappa shape index (κ2) is 8.80. The van der Waals surface area contributed by atoms with Gasteiger partial charge in [-0.2, -0.15) is 0 Å². The van der Waals surface area contributed by atoms with Gasteiger partial charge in [0.2, 0.25) is 0 Å². The summed E-state index contributed by atoms with van der Waals surface area (Å²) in [7, 11) is 0. The zero-order valence-electron chi connectivity index (χ0n) is 15.7. The maximum atomic E-state index is 14.6. The number of hydrogen-bond donors (Lipinski definition) is 2. The minimum Gasteiger partial charge on any atom is -0.403 e. The summed E-state index contributed by atoms with van der Waals surface area (Å²) in [5, 5.41) is 19.9. The first-order chi connectivity index (χ1) is 14.5. The number of aliphatic hydroxyl groups is 1. The number of benzene rings is 2. The van der Waals surface area contributed by atoms with Crippen molar-refractivity contribution in [3.63, 3.8) is 0 Å². The Bertz CT molecular complexity index is 1050. The summed E-state index contributed by atoms with van der Waals surface area (Å²) < 4.78 is 49.1. The van der Waals surface area contributed by atoms with Gasteiger partial charge in [0, 0.05) is 23.3 Å². The minimum absolute atomic E-state index is 0.00743. The Morgan fingerprint density at radius 3 is 2.57 bits per heavy atom. The van der Waals surface area contributed by atoms with Crippen LogP contribution in [0.3, 0.4) is 0 Å². The molecule has 3 aromatic rings. The van der Waals surface area contributed by atoms with Crippen molar-refractivity contribution < 1.29 is 22.7 Å². The normalized spacial score (nSPS) is 14.9. The van der Waals surface area contributed by atoms with E-state index in [9.17, 15) is 18.3 Å². The van der Waals surface area contributed by atoms with Crippen LogP contribution in [0.15, 0.2) is 34.7 Å². The van der Waals surface area contributed by atoms with Crippen LogP contribution < -0.4 is 10.2 Å². The summed E-state index contributed by atoms with van der Waals surface area (Å²) in [6.07, 6.45) is 1.58. The number of piperidine rings is 1. The molecule has 158 valence electrons. The van der Waals surface area contributed by atoms with Crippen molar-refractivity contribution in [1.29, 1.82) is 0 Å². The molecule has 0 unspecified atom stereocenters. The summed E-state index contributed by atoms with van der Waals surface area (Å²) in [5.41, 5.74) is -0.174. The van der Waals surface area contributed by atoms with Crippen molar-refractivity contribution in [3.8, 4) is 11.5 Å². The van der Waals surface area contributed by atoms with Crippen LogP contribution in [0.25, 0.3) is 11.5 Å². The first kappa shape index (κ1) is 20.9. The van der Waals surface area contributed by atoms with E-state index in [1.807, 2.05) is 27.5 Å². The van der Waals surface area contributed by atoms with Crippen molar-refractivity contribution in [2.75, 3.05) is 29.9 Å². The van der Waals surface area contributed by atoms with Crippen LogP contribution in [0.5, 0.6) is 0 Å². The zero-order chi connectivity index (χ0) is 21.3. The van der Waals surface area contributed by atoms with E-state index in [0.29, 0.717) is 16.7 Å². The van der Waals surface area contributed by atoms with Gasteiger partial charge in [0.1, 0.15) is 5.82 Å². The molecule has 10 heteroatoms. The van der Waals surface area contributed by atoms with Crippen LogP contribution in [0, 0.1) is 26.9 Å². The average molecular weight is 530 g/mol. The van der Waals surface area contributed by atoms with Crippen molar-refractivity contribution in [3.05, 3.63) is 51.4 Å². The van der Waals surface area contributed by atoms with E-state index in [-0.39, 0.29) is 41.4 Å². The molecule has 1 saturated heterocycles. The van der Waals surface area contributed by atoms with Crippen LogP contribution in [0.1, 0.15) is 12.8 Å². The second-order valence-electron chi connectivity index (χ2n) is 7.04. The molecule has 1 fully saturated rings. The fraction of sp³-hybridized carbons (Fsp3) is 0.300. The topological polar surface area (TPSA) is 74.4 Å². The summed E-state index contributed by atoms with van der Waals surface area (Å²) in [4.78, 5) is 1.88. The van der Waals surface area contributed by atoms with Crippen molar-refractivity contribution >= 4 is 40.0 Å². The fourth-order valence-corrected chi connectivity index (χ4v) is 3.79. The number of rotatable bonds is 5. The molecule has 1 aliphatic heterocycles. The first-order valence-corrected chi connectivity index (χ1v) is 10.4. The molecule has 2 aromatic carbocycles. The van der Waals surface area contributed by atoms with Gasteiger partial charge in [-0.1, -0.05) is 5.10 Å². The molecular formula is C20H18F3IN4O2. The smallest absolute Gasteiger partial charge is 0.318 e. The molecule has 4 rings (SSSR count). The van der Waals surface area contributed by atoms with Crippen LogP contribution in [0.4, 0.5) is 30.6 Å². The van der Waals surface area contributed by atoms with E-state index < -0.39 is 17.5 Å². The molecule has 0 amide bonds. The van der Waals surface area contributed by atoms with Crippen molar-refractivity contribution in [2.45, 2.75) is 12.8 Å². The standard InChI is InChI=1S/C20H18F3IN4O2/c21-14-3-2-13(18(17(14)23)25-16-4-1-12(24)9-15(16)22)19-26-27-20(30-19)28-7-5-11(10-29)6-8-28/h1-4,9,11,25,29H,5-8,10H2. The average Bonchev–Trinajstić information content (AvgIpc) is 3.23. The van der Waals surface area contributed by atoms with E-state index in [0.717, 1.165) is 18.9 Å². The Balaban J connectivity index is 1.65. The van der Waals surface area contributed by atoms with Gasteiger partial charge >= 0.3 is 6.01 Å². The lowest BCUT2D eigenvalue weighted by atomic mass is 9.98. The Hall–Kier alpha value is -2.34. The Morgan fingerprint density at radius 2 is 1.87 bits per heavy atom. The quantitative estimate of drug-likeness (QED) is 0.466. The Labute approximate surface area is 184 Å². The largest absolute Gasteiger partial charge is 0.403 e. The predicted octanol–water partition coefficient (Wildman–Crippen LogP) is 4.71. The van der Waals surface area contributed by atoms with Crippen molar-refractivity contribution in [2.24, 2.45) is 5.92 Å². The maximum absolute atomic E-state index is 14.6. The highest BCUT2D eigenvalue weighted by molar-refractivity contribution is 14.1. The van der Waals surface area contributed by atoms with Gasteiger partial charge in [0.15, 0.2) is 11.6 Å². The molecule has 0 spiro atoms. The van der Waals surface area contributed by atoms with Crippen LogP contribution in [-0.4, -0.2) is 35.0 Å². The third kappa shape index (κ3) is 4.24. The van der Waals surface area contributed by atoms with Gasteiger partial charge in [-0.25, -0.2) is 13.2 Å². The van der Waals surface area contributed by atoms with Crippen LogP contribution in [-0.2, 0) is 0 Å². The molecule has 2 N–H and O–H groups in total. The summed E-state index contributed by atoms with van der Waals surface area (Å²) >= 11 is 1.95. The van der Waals surface area contributed by atoms with Gasteiger partial charge in [-0.15, -0.1) is 5.10 Å². The third-order valence-corrected chi connectivity index (χ3v) is 5.74. The van der Waals surface area contributed by atoms with Gasteiger partial charge in [0.25, 0.3) is 5.89 Å². The fourth-order valence-electron chi connectivity index (χ4n) is 3.34. The maximum Gasteiger partial charge on any atom is 0.318 e. The molecule has 2 heterocycles. The lowest BCUT2D eigenvalue weighted by Crippen LogP contribution is -2.34. The highest BCUT2D eigenvalue weighted by Crippen LogP contribution is 2.35. The van der Waals surface area contributed by atoms with E-state index in [4.69, 9.17) is 4.42 Å². The summed E-state index contributed by atoms with van der Waals surface area (Å²) in [5.74, 6) is -2.63. The molecule has 0 radical (unpaired) electrons. The minimum atomic E-state index is -1.17. The lowest BCUT2D eigenvalue weighted by molar-refractivity contribution is 0.201. The summed E-state index contributed by atoms with van der Waals surface area (Å²) in [6.45, 7) is 1.43. The van der Waals surface area contributed by atoms with E-state index in [1.165, 1.54) is 18.2 Å². The lowest BCUT2D eigenvalue weighted by Gasteiger charge is -2.29. The first-order valence-electron chi connectivity index (χ1n) is 9.36. The summed E-state index contributed by atoms with van der Waals surface area (Å²) in [6, 6.07) is 6.88. The number of aliphatic hydroxyl groups excluding tert-OH is 1. The Kier molecular flexibility index (Phi) is 6.14. The molecule has 30 heavy (non-hydrogen) atoms. The van der Waals surface area contributed by atoms with Crippen LogP contribution >= 0.6 is 22.6 Å². The molecule has 1 aliphatic rings. The SMILES string of the molecule is OCC1CCN(c2nnc(-c3ccc(F)c(F)c3Nc3ccc(I)cc3F)o2)CC1. The molecule has 0 atom stereocenters. The molecule has 1 aromatic heterocycles. The Morgan fingerprint density at radius 1 is 1.10 bits per heavy atom. The number of nitrogens with one attached hydrogen (secondary N) is 1. The number of nitrogens with zero attached hydrogens (tertiary/aromatic N) is 3. The zero-order valence-corrected chi connectivity index (χ0v) is 17.9.